The van der Waals surface area contributed by atoms with Crippen molar-refractivity contribution in [2.24, 2.45) is 10.1 Å². The van der Waals surface area contributed by atoms with Gasteiger partial charge in [0.1, 0.15) is 5.70 Å². The van der Waals surface area contributed by atoms with Crippen molar-refractivity contribution in [3.63, 3.8) is 0 Å². The summed E-state index contributed by atoms with van der Waals surface area (Å²) >= 11 is 5.10. The molecule has 0 spiro atoms. The van der Waals surface area contributed by atoms with E-state index >= 15 is 0 Å². The van der Waals surface area contributed by atoms with Crippen LogP contribution in [0, 0.1) is 0 Å². The van der Waals surface area contributed by atoms with Crippen LogP contribution < -0.4 is 25.4 Å². The monoisotopic (exact) mass is 458 g/mol. The molecule has 3 aliphatic heterocycles. The molecule has 0 aliphatic carbocycles. The number of carbonyl (C=O) groups excluding carboxylic acids is 1. The molecular weight excluding hydrogens is 444 g/mol. The average molecular weight is 459 g/mol. The van der Waals surface area contributed by atoms with Gasteiger partial charge in [-0.1, -0.05) is 52.8 Å². The van der Waals surface area contributed by atoms with Crippen LogP contribution in [0.4, 0.5) is 0 Å². The van der Waals surface area contributed by atoms with Gasteiger partial charge in [-0.3, -0.25) is 15.1 Å². The molecule has 0 fully saturated rings. The third kappa shape index (κ3) is 2.77. The molecule has 5 rings (SSSR count). The number of nitrogens with one attached hydrogen (secondary N) is 1. The summed E-state index contributed by atoms with van der Waals surface area (Å²) < 4.78 is 11.8. The van der Waals surface area contributed by atoms with Gasteiger partial charge in [-0.25, -0.2) is 5.01 Å². The Hall–Kier alpha value is -2.52. The SMILES string of the molecule is CCSC1=NN2C(=c3ccccc3=NC2c2cc3c(cc2Br)OCO3)C(=O)N1. The van der Waals surface area contributed by atoms with E-state index in [4.69, 9.17) is 19.6 Å². The normalized spacial score (nSPS) is 19.4. The molecule has 142 valence electrons. The fourth-order valence-corrected chi connectivity index (χ4v) is 4.47. The first-order valence-electron chi connectivity index (χ1n) is 8.74. The highest BCUT2D eigenvalue weighted by Crippen LogP contribution is 2.42. The Kier molecular flexibility index (Phi) is 4.28. The van der Waals surface area contributed by atoms with E-state index in [0.29, 0.717) is 22.4 Å². The summed E-state index contributed by atoms with van der Waals surface area (Å²) in [4.78, 5) is 17.8. The van der Waals surface area contributed by atoms with E-state index in [1.54, 1.807) is 5.01 Å². The van der Waals surface area contributed by atoms with E-state index in [1.807, 2.05) is 43.3 Å². The molecule has 0 saturated carbocycles. The lowest BCUT2D eigenvalue weighted by atomic mass is 10.1. The highest BCUT2D eigenvalue weighted by Gasteiger charge is 2.36. The van der Waals surface area contributed by atoms with Crippen molar-refractivity contribution in [1.29, 1.82) is 0 Å². The standard InChI is InChI=1S/C19H15BrN4O3S/c1-2-28-19-22-18(25)16-10-5-3-4-6-13(10)21-17(24(16)23-19)11-7-14-15(8-12(11)20)27-9-26-14/h3-8,17H,2,9H2,1H3,(H,22,23,25). The quantitative estimate of drug-likeness (QED) is 0.745. The molecule has 0 aromatic heterocycles. The Morgan fingerprint density at radius 2 is 2.07 bits per heavy atom. The molecule has 0 radical (unpaired) electrons. The number of nitrogens with zero attached hydrogens (tertiary/aromatic N) is 3. The highest BCUT2D eigenvalue weighted by atomic mass is 79.9. The second-order valence-corrected chi connectivity index (χ2v) is 8.34. The molecule has 2 aromatic carbocycles. The number of ether oxygens (including phenoxy) is 2. The smallest absolute Gasteiger partial charge is 0.276 e. The van der Waals surface area contributed by atoms with Crippen LogP contribution >= 0.6 is 27.7 Å². The van der Waals surface area contributed by atoms with E-state index in [0.717, 1.165) is 26.4 Å². The van der Waals surface area contributed by atoms with Crippen LogP contribution in [0.5, 0.6) is 11.5 Å². The number of para-hydroxylation sites is 1. The van der Waals surface area contributed by atoms with Gasteiger partial charge >= 0.3 is 0 Å². The molecule has 7 nitrogen and oxygen atoms in total. The third-order valence-corrected chi connectivity index (χ3v) is 6.00. The van der Waals surface area contributed by atoms with E-state index < -0.39 is 6.17 Å². The second-order valence-electron chi connectivity index (χ2n) is 6.23. The summed E-state index contributed by atoms with van der Waals surface area (Å²) in [6.07, 6.45) is -0.507. The number of amidine groups is 1. The number of rotatable bonds is 2. The molecule has 0 saturated heterocycles. The maximum atomic E-state index is 12.9. The Labute approximate surface area is 173 Å². The first-order valence-corrected chi connectivity index (χ1v) is 10.5. The molecular formula is C19H15BrN4O3S. The molecule has 28 heavy (non-hydrogen) atoms. The summed E-state index contributed by atoms with van der Waals surface area (Å²) in [5, 5.41) is 11.3. The molecule has 1 atom stereocenters. The number of hydrogen-bond acceptors (Lipinski definition) is 7. The molecule has 1 N–H and O–H groups in total. The number of fused-ring (bicyclic) bond motifs is 3. The van der Waals surface area contributed by atoms with E-state index in [9.17, 15) is 4.79 Å². The average Bonchev–Trinajstić information content (AvgIpc) is 3.14. The lowest BCUT2D eigenvalue weighted by Gasteiger charge is -2.34. The summed E-state index contributed by atoms with van der Waals surface area (Å²) in [5.74, 6) is 1.95. The predicted octanol–water partition coefficient (Wildman–Crippen LogP) is 2.07. The highest BCUT2D eigenvalue weighted by molar-refractivity contribution is 9.10. The van der Waals surface area contributed by atoms with E-state index in [-0.39, 0.29) is 12.7 Å². The number of halogens is 1. The number of hydrazone groups is 1. The van der Waals surface area contributed by atoms with Gasteiger partial charge in [0, 0.05) is 15.3 Å². The van der Waals surface area contributed by atoms with Gasteiger partial charge in [-0.05, 0) is 24.0 Å². The molecule has 0 bridgehead atoms. The van der Waals surface area contributed by atoms with Crippen LogP contribution in [0.3, 0.4) is 0 Å². The van der Waals surface area contributed by atoms with Gasteiger partial charge in [0.15, 0.2) is 22.8 Å². The zero-order chi connectivity index (χ0) is 19.3. The molecule has 9 heteroatoms. The molecule has 1 unspecified atom stereocenters. The first-order chi connectivity index (χ1) is 13.7. The van der Waals surface area contributed by atoms with Gasteiger partial charge in [0.2, 0.25) is 6.79 Å². The van der Waals surface area contributed by atoms with Crippen LogP contribution in [0.15, 0.2) is 51.0 Å². The van der Waals surface area contributed by atoms with Crippen LogP contribution in [-0.2, 0) is 4.79 Å². The van der Waals surface area contributed by atoms with Gasteiger partial charge in [-0.15, -0.1) is 5.10 Å². The minimum absolute atomic E-state index is 0.185. The van der Waals surface area contributed by atoms with Crippen molar-refractivity contribution in [3.8, 4) is 11.5 Å². The van der Waals surface area contributed by atoms with Gasteiger partial charge in [-0.2, -0.15) is 0 Å². The third-order valence-electron chi connectivity index (χ3n) is 4.57. The Morgan fingerprint density at radius 1 is 1.29 bits per heavy atom. The zero-order valence-corrected chi connectivity index (χ0v) is 17.2. The Morgan fingerprint density at radius 3 is 2.89 bits per heavy atom. The lowest BCUT2D eigenvalue weighted by molar-refractivity contribution is -0.116. The van der Waals surface area contributed by atoms with Crippen LogP contribution in [-0.4, -0.2) is 28.6 Å². The zero-order valence-electron chi connectivity index (χ0n) is 14.8. The summed E-state index contributed by atoms with van der Waals surface area (Å²) in [7, 11) is 0. The Balaban J connectivity index is 1.74. The van der Waals surface area contributed by atoms with Crippen molar-refractivity contribution in [1.82, 2.24) is 10.3 Å². The summed E-state index contributed by atoms with van der Waals surface area (Å²) in [5.41, 5.74) is 1.33. The van der Waals surface area contributed by atoms with E-state index in [1.165, 1.54) is 11.8 Å². The van der Waals surface area contributed by atoms with Gasteiger partial charge < -0.3 is 9.47 Å². The van der Waals surface area contributed by atoms with Gasteiger partial charge in [0.05, 0.1) is 5.36 Å². The van der Waals surface area contributed by atoms with Crippen molar-refractivity contribution < 1.29 is 14.3 Å². The number of hydrogen-bond donors (Lipinski definition) is 1. The fraction of sp³-hybridized carbons (Fsp3) is 0.211. The van der Waals surface area contributed by atoms with Crippen molar-refractivity contribution >= 4 is 44.5 Å². The number of benzene rings is 2. The predicted molar refractivity (Wildman–Crippen MR) is 109 cm³/mol. The largest absolute Gasteiger partial charge is 0.454 e. The second kappa shape index (κ2) is 6.82. The lowest BCUT2D eigenvalue weighted by Crippen LogP contribution is -2.50. The first kappa shape index (κ1) is 17.6. The number of carbonyl (C=O) groups is 1. The number of amides is 1. The maximum Gasteiger partial charge on any atom is 0.276 e. The van der Waals surface area contributed by atoms with Crippen molar-refractivity contribution in [2.75, 3.05) is 12.5 Å². The van der Waals surface area contributed by atoms with E-state index in [2.05, 4.69) is 21.2 Å². The summed E-state index contributed by atoms with van der Waals surface area (Å²) in [6.45, 7) is 2.20. The molecule has 2 aromatic rings. The molecule has 3 heterocycles. The van der Waals surface area contributed by atoms with Crippen molar-refractivity contribution in [3.05, 3.63) is 57.0 Å². The van der Waals surface area contributed by atoms with Crippen LogP contribution in [0.2, 0.25) is 0 Å². The minimum atomic E-state index is -0.507. The topological polar surface area (TPSA) is 75.5 Å². The fourth-order valence-electron chi connectivity index (χ4n) is 3.36. The maximum absolute atomic E-state index is 12.9. The van der Waals surface area contributed by atoms with Gasteiger partial charge in [0.25, 0.3) is 5.91 Å². The summed E-state index contributed by atoms with van der Waals surface area (Å²) in [6, 6.07) is 11.3. The molecule has 1 amide bonds. The number of thioether (sulfide) groups is 1. The van der Waals surface area contributed by atoms with Crippen LogP contribution in [0.25, 0.3) is 5.70 Å². The molecule has 3 aliphatic rings. The Bertz CT molecular complexity index is 1150. The van der Waals surface area contributed by atoms with Crippen LogP contribution in [0.1, 0.15) is 18.7 Å². The minimum Gasteiger partial charge on any atom is -0.454 e. The van der Waals surface area contributed by atoms with Crippen molar-refractivity contribution in [2.45, 2.75) is 13.1 Å².